The van der Waals surface area contributed by atoms with E-state index in [-0.39, 0.29) is 30.2 Å². The number of amides is 2. The van der Waals surface area contributed by atoms with Gasteiger partial charge in [-0.2, -0.15) is 0 Å². The Kier molecular flexibility index (Phi) is 7.56. The zero-order valence-corrected chi connectivity index (χ0v) is 16.3. The van der Waals surface area contributed by atoms with Crippen LogP contribution in [0.4, 0.5) is 0 Å². The van der Waals surface area contributed by atoms with Crippen molar-refractivity contribution in [3.8, 4) is 0 Å². The molecule has 3 rings (SSSR count). The van der Waals surface area contributed by atoms with Crippen LogP contribution in [0.25, 0.3) is 0 Å². The fraction of sp³-hybridized carbons (Fsp3) is 0.895. The molecule has 144 valence electrons. The van der Waals surface area contributed by atoms with Gasteiger partial charge in [0.2, 0.25) is 11.8 Å². The lowest BCUT2D eigenvalue weighted by Crippen LogP contribution is -2.44. The third-order valence-corrected chi connectivity index (χ3v) is 6.34. The van der Waals surface area contributed by atoms with Crippen molar-refractivity contribution in [1.82, 2.24) is 15.5 Å². The summed E-state index contributed by atoms with van der Waals surface area (Å²) in [4.78, 5) is 27.0. The summed E-state index contributed by atoms with van der Waals surface area (Å²) in [5.41, 5.74) is 0.315. The SMILES string of the molecule is CCCCCNC(=O)C1CCN(C(=O)C2CC23CCNCC3)CC1.Cl. The molecule has 2 N–H and O–H groups in total. The molecule has 1 spiro atoms. The van der Waals surface area contributed by atoms with Gasteiger partial charge in [-0.3, -0.25) is 9.59 Å². The summed E-state index contributed by atoms with van der Waals surface area (Å²) in [7, 11) is 0. The first-order valence-corrected chi connectivity index (χ1v) is 9.93. The number of piperidine rings is 2. The third kappa shape index (κ3) is 4.88. The molecule has 0 radical (unpaired) electrons. The number of nitrogens with zero attached hydrogens (tertiary/aromatic N) is 1. The Morgan fingerprint density at radius 2 is 1.84 bits per heavy atom. The Morgan fingerprint density at radius 1 is 1.16 bits per heavy atom. The molecule has 2 amide bonds. The van der Waals surface area contributed by atoms with Crippen molar-refractivity contribution in [2.24, 2.45) is 17.3 Å². The molecule has 0 aromatic rings. The van der Waals surface area contributed by atoms with Gasteiger partial charge in [0, 0.05) is 31.5 Å². The minimum atomic E-state index is 0. The van der Waals surface area contributed by atoms with Crippen molar-refractivity contribution in [2.75, 3.05) is 32.7 Å². The summed E-state index contributed by atoms with van der Waals surface area (Å²) in [6.07, 6.45) is 8.46. The van der Waals surface area contributed by atoms with Crippen LogP contribution < -0.4 is 10.6 Å². The van der Waals surface area contributed by atoms with Crippen molar-refractivity contribution in [3.05, 3.63) is 0 Å². The number of hydrogen-bond acceptors (Lipinski definition) is 3. The highest BCUT2D eigenvalue weighted by Gasteiger charge is 2.58. The number of unbranched alkanes of at least 4 members (excludes halogenated alkanes) is 2. The second kappa shape index (κ2) is 9.22. The smallest absolute Gasteiger partial charge is 0.226 e. The molecule has 0 aromatic heterocycles. The average molecular weight is 372 g/mol. The van der Waals surface area contributed by atoms with Gasteiger partial charge in [-0.25, -0.2) is 0 Å². The lowest BCUT2D eigenvalue weighted by atomic mass is 9.90. The van der Waals surface area contributed by atoms with Crippen LogP contribution in [0.2, 0.25) is 0 Å². The molecule has 2 saturated heterocycles. The molecule has 3 fully saturated rings. The molecule has 1 saturated carbocycles. The van der Waals surface area contributed by atoms with Gasteiger partial charge in [-0.05, 0) is 57.0 Å². The Morgan fingerprint density at radius 3 is 2.48 bits per heavy atom. The summed E-state index contributed by atoms with van der Waals surface area (Å²) >= 11 is 0. The second-order valence-electron chi connectivity index (χ2n) is 7.97. The van der Waals surface area contributed by atoms with Crippen LogP contribution in [0.3, 0.4) is 0 Å². The predicted molar refractivity (Wildman–Crippen MR) is 102 cm³/mol. The third-order valence-electron chi connectivity index (χ3n) is 6.34. The van der Waals surface area contributed by atoms with Crippen LogP contribution in [0.15, 0.2) is 0 Å². The Bertz CT molecular complexity index is 458. The predicted octanol–water partition coefficient (Wildman–Crippen LogP) is 2.34. The van der Waals surface area contributed by atoms with Gasteiger partial charge in [0.25, 0.3) is 0 Å². The molecule has 2 heterocycles. The van der Waals surface area contributed by atoms with Crippen molar-refractivity contribution in [1.29, 1.82) is 0 Å². The summed E-state index contributed by atoms with van der Waals surface area (Å²) in [5.74, 6) is 0.917. The molecule has 5 nitrogen and oxygen atoms in total. The summed E-state index contributed by atoms with van der Waals surface area (Å²) in [6.45, 7) is 6.61. The number of likely N-dealkylation sites (tertiary alicyclic amines) is 1. The van der Waals surface area contributed by atoms with E-state index >= 15 is 0 Å². The Hall–Kier alpha value is -0.810. The van der Waals surface area contributed by atoms with Gasteiger partial charge in [-0.15, -0.1) is 12.4 Å². The number of carbonyl (C=O) groups is 2. The van der Waals surface area contributed by atoms with Crippen LogP contribution in [-0.4, -0.2) is 49.4 Å². The quantitative estimate of drug-likeness (QED) is 0.704. The molecule has 1 atom stereocenters. The topological polar surface area (TPSA) is 61.4 Å². The Balaban J connectivity index is 0.00000225. The minimum absolute atomic E-state index is 0. The molecule has 0 aromatic carbocycles. The van der Waals surface area contributed by atoms with E-state index in [2.05, 4.69) is 17.6 Å². The van der Waals surface area contributed by atoms with Gasteiger partial charge < -0.3 is 15.5 Å². The largest absolute Gasteiger partial charge is 0.356 e. The highest BCUT2D eigenvalue weighted by Crippen LogP contribution is 2.59. The van der Waals surface area contributed by atoms with Gasteiger partial charge in [0.15, 0.2) is 0 Å². The normalized spacial score (nSPS) is 25.3. The molecule has 2 aliphatic heterocycles. The van der Waals surface area contributed by atoms with Crippen LogP contribution >= 0.6 is 12.4 Å². The van der Waals surface area contributed by atoms with E-state index in [1.807, 2.05) is 4.90 Å². The number of rotatable bonds is 6. The first-order chi connectivity index (χ1) is 11.7. The van der Waals surface area contributed by atoms with E-state index in [0.29, 0.717) is 11.3 Å². The lowest BCUT2D eigenvalue weighted by molar-refractivity contribution is -0.137. The average Bonchev–Trinajstić information content (AvgIpc) is 3.31. The maximum atomic E-state index is 12.8. The number of halogens is 1. The van der Waals surface area contributed by atoms with Crippen LogP contribution in [-0.2, 0) is 9.59 Å². The van der Waals surface area contributed by atoms with E-state index in [9.17, 15) is 9.59 Å². The number of nitrogens with one attached hydrogen (secondary N) is 2. The van der Waals surface area contributed by atoms with Gasteiger partial charge in [0.05, 0.1) is 0 Å². The van der Waals surface area contributed by atoms with Crippen LogP contribution in [0.5, 0.6) is 0 Å². The van der Waals surface area contributed by atoms with E-state index in [1.54, 1.807) is 0 Å². The summed E-state index contributed by atoms with van der Waals surface area (Å²) < 4.78 is 0. The Labute approximate surface area is 158 Å². The molecule has 3 aliphatic rings. The number of carbonyl (C=O) groups excluding carboxylic acids is 2. The van der Waals surface area contributed by atoms with E-state index in [1.165, 1.54) is 12.8 Å². The van der Waals surface area contributed by atoms with Crippen molar-refractivity contribution in [3.63, 3.8) is 0 Å². The van der Waals surface area contributed by atoms with Gasteiger partial charge in [0.1, 0.15) is 0 Å². The molecule has 1 unspecified atom stereocenters. The lowest BCUT2D eigenvalue weighted by Gasteiger charge is -2.32. The fourth-order valence-corrected chi connectivity index (χ4v) is 4.49. The first-order valence-electron chi connectivity index (χ1n) is 9.93. The molecule has 0 bridgehead atoms. The van der Waals surface area contributed by atoms with Crippen LogP contribution in [0, 0.1) is 17.3 Å². The maximum absolute atomic E-state index is 12.8. The van der Waals surface area contributed by atoms with Crippen LogP contribution in [0.1, 0.15) is 58.3 Å². The van der Waals surface area contributed by atoms with Crippen molar-refractivity contribution >= 4 is 24.2 Å². The van der Waals surface area contributed by atoms with E-state index in [4.69, 9.17) is 0 Å². The second-order valence-corrected chi connectivity index (χ2v) is 7.97. The standard InChI is InChI=1S/C19H33N3O2.ClH/c1-2-3-4-9-21-17(23)15-5-12-22(13-6-15)18(24)16-14-19(16)7-10-20-11-8-19;/h15-16,20H,2-14H2,1H3,(H,21,23);1H. The molecular weight excluding hydrogens is 338 g/mol. The zero-order valence-electron chi connectivity index (χ0n) is 15.5. The highest BCUT2D eigenvalue weighted by molar-refractivity contribution is 5.85. The minimum Gasteiger partial charge on any atom is -0.356 e. The summed E-state index contributed by atoms with van der Waals surface area (Å²) in [6, 6.07) is 0. The first kappa shape index (κ1) is 20.5. The van der Waals surface area contributed by atoms with E-state index < -0.39 is 0 Å². The van der Waals surface area contributed by atoms with Gasteiger partial charge >= 0.3 is 0 Å². The molecule has 25 heavy (non-hydrogen) atoms. The zero-order chi connectivity index (χ0) is 17.0. The van der Waals surface area contributed by atoms with Crippen molar-refractivity contribution < 1.29 is 9.59 Å². The maximum Gasteiger partial charge on any atom is 0.226 e. The monoisotopic (exact) mass is 371 g/mol. The molecular formula is C19H34ClN3O2. The van der Waals surface area contributed by atoms with Gasteiger partial charge in [-0.1, -0.05) is 19.8 Å². The molecule has 6 heteroatoms. The number of hydrogen-bond donors (Lipinski definition) is 2. The van der Waals surface area contributed by atoms with Crippen molar-refractivity contribution in [2.45, 2.75) is 58.3 Å². The highest BCUT2D eigenvalue weighted by atomic mass is 35.5. The fourth-order valence-electron chi connectivity index (χ4n) is 4.49. The molecule has 1 aliphatic carbocycles. The summed E-state index contributed by atoms with van der Waals surface area (Å²) in [5, 5.41) is 6.46. The van der Waals surface area contributed by atoms with E-state index in [0.717, 1.165) is 71.2 Å².